The second kappa shape index (κ2) is 4.56. The van der Waals surface area contributed by atoms with Crippen LogP contribution in [0.2, 0.25) is 0 Å². The number of hydrogen-bond donors (Lipinski definition) is 0. The van der Waals surface area contributed by atoms with E-state index < -0.39 is 0 Å². The van der Waals surface area contributed by atoms with E-state index in [0.717, 1.165) is 21.5 Å². The molecule has 7 heteroatoms. The number of aryl methyl sites for hydroxylation is 1. The van der Waals surface area contributed by atoms with Crippen molar-refractivity contribution < 1.29 is 4.79 Å². The SMILES string of the molecule is CC1CN(c2ncnc3c2c(Br)nn3C)CCC1=O. The van der Waals surface area contributed by atoms with E-state index in [-0.39, 0.29) is 5.92 Å². The van der Waals surface area contributed by atoms with Crippen molar-refractivity contribution in [1.82, 2.24) is 19.7 Å². The normalized spacial score (nSPS) is 20.3. The van der Waals surface area contributed by atoms with Crippen LogP contribution in [-0.2, 0) is 11.8 Å². The van der Waals surface area contributed by atoms with Gasteiger partial charge in [0.05, 0.1) is 5.39 Å². The minimum atomic E-state index is 0.0502. The molecule has 0 saturated carbocycles. The number of anilines is 1. The highest BCUT2D eigenvalue weighted by atomic mass is 79.9. The number of hydrogen-bond acceptors (Lipinski definition) is 5. The van der Waals surface area contributed by atoms with Crippen molar-refractivity contribution in [2.75, 3.05) is 18.0 Å². The average Bonchev–Trinajstić information content (AvgIpc) is 2.69. The zero-order chi connectivity index (χ0) is 13.6. The summed E-state index contributed by atoms with van der Waals surface area (Å²) in [5.74, 6) is 1.23. The molecule has 2 aromatic rings. The van der Waals surface area contributed by atoms with Crippen LogP contribution in [0.25, 0.3) is 11.0 Å². The summed E-state index contributed by atoms with van der Waals surface area (Å²) in [5, 5.41) is 5.23. The highest BCUT2D eigenvalue weighted by Gasteiger charge is 2.26. The average molecular weight is 324 g/mol. The van der Waals surface area contributed by atoms with E-state index in [2.05, 4.69) is 35.9 Å². The maximum Gasteiger partial charge on any atom is 0.164 e. The van der Waals surface area contributed by atoms with Crippen LogP contribution in [0, 0.1) is 5.92 Å². The fourth-order valence-electron chi connectivity index (χ4n) is 2.47. The molecule has 0 N–H and O–H groups in total. The molecule has 1 saturated heterocycles. The monoisotopic (exact) mass is 323 g/mol. The molecule has 0 radical (unpaired) electrons. The van der Waals surface area contributed by atoms with Crippen molar-refractivity contribution in [3.63, 3.8) is 0 Å². The van der Waals surface area contributed by atoms with Crippen LogP contribution in [0.15, 0.2) is 10.9 Å². The van der Waals surface area contributed by atoms with Crippen LogP contribution in [-0.4, -0.2) is 38.6 Å². The Hall–Kier alpha value is -1.50. The van der Waals surface area contributed by atoms with Crippen molar-refractivity contribution in [3.8, 4) is 0 Å². The van der Waals surface area contributed by atoms with E-state index in [1.807, 2.05) is 14.0 Å². The Labute approximate surface area is 118 Å². The van der Waals surface area contributed by atoms with Crippen LogP contribution in [0.1, 0.15) is 13.3 Å². The lowest BCUT2D eigenvalue weighted by molar-refractivity contribution is -0.122. The lowest BCUT2D eigenvalue weighted by Gasteiger charge is -2.31. The molecule has 1 atom stereocenters. The highest BCUT2D eigenvalue weighted by Crippen LogP contribution is 2.31. The third-order valence-corrected chi connectivity index (χ3v) is 4.08. The van der Waals surface area contributed by atoms with Gasteiger partial charge in [-0.1, -0.05) is 6.92 Å². The number of carbonyl (C=O) groups excluding carboxylic acids is 1. The first kappa shape index (κ1) is 12.5. The van der Waals surface area contributed by atoms with Gasteiger partial charge in [0.15, 0.2) is 5.65 Å². The minimum Gasteiger partial charge on any atom is -0.355 e. The van der Waals surface area contributed by atoms with Crippen LogP contribution >= 0.6 is 15.9 Å². The fraction of sp³-hybridized carbons (Fsp3) is 0.500. The van der Waals surface area contributed by atoms with Gasteiger partial charge in [-0.15, -0.1) is 0 Å². The summed E-state index contributed by atoms with van der Waals surface area (Å²) < 4.78 is 2.47. The Morgan fingerprint density at radius 2 is 2.21 bits per heavy atom. The van der Waals surface area contributed by atoms with E-state index in [1.54, 1.807) is 11.0 Å². The van der Waals surface area contributed by atoms with E-state index in [9.17, 15) is 4.79 Å². The van der Waals surface area contributed by atoms with Crippen LogP contribution < -0.4 is 4.90 Å². The molecule has 1 fully saturated rings. The first-order chi connectivity index (χ1) is 9.08. The van der Waals surface area contributed by atoms with Gasteiger partial charge in [-0.05, 0) is 15.9 Å². The number of halogens is 1. The Balaban J connectivity index is 2.08. The zero-order valence-corrected chi connectivity index (χ0v) is 12.4. The molecule has 1 aliphatic heterocycles. The molecule has 3 rings (SSSR count). The molecule has 0 amide bonds. The van der Waals surface area contributed by atoms with Gasteiger partial charge in [-0.3, -0.25) is 4.79 Å². The number of nitrogens with zero attached hydrogens (tertiary/aromatic N) is 5. The quantitative estimate of drug-likeness (QED) is 0.796. The lowest BCUT2D eigenvalue weighted by Crippen LogP contribution is -2.40. The summed E-state index contributed by atoms with van der Waals surface area (Å²) in [4.78, 5) is 22.4. The summed E-state index contributed by atoms with van der Waals surface area (Å²) in [7, 11) is 1.85. The van der Waals surface area contributed by atoms with Crippen LogP contribution in [0.3, 0.4) is 0 Å². The molecular weight excluding hydrogens is 310 g/mol. The molecule has 1 aliphatic rings. The molecule has 0 spiro atoms. The third-order valence-electron chi connectivity index (χ3n) is 3.53. The molecular formula is C12H14BrN5O. The zero-order valence-electron chi connectivity index (χ0n) is 10.8. The lowest BCUT2D eigenvalue weighted by atomic mass is 9.98. The van der Waals surface area contributed by atoms with Gasteiger partial charge in [0.2, 0.25) is 0 Å². The Morgan fingerprint density at radius 3 is 2.95 bits per heavy atom. The molecule has 0 bridgehead atoms. The van der Waals surface area contributed by atoms with Gasteiger partial charge < -0.3 is 4.90 Å². The standard InChI is InChI=1S/C12H14BrN5O/c1-7-5-18(4-3-8(7)19)12-9-10(13)16-17(2)11(9)14-6-15-12/h6-7H,3-5H2,1-2H3. The Morgan fingerprint density at radius 1 is 1.42 bits per heavy atom. The van der Waals surface area contributed by atoms with Gasteiger partial charge in [0, 0.05) is 32.5 Å². The number of carbonyl (C=O) groups is 1. The largest absolute Gasteiger partial charge is 0.355 e. The fourth-order valence-corrected chi connectivity index (χ4v) is 3.07. The van der Waals surface area contributed by atoms with Gasteiger partial charge in [0.25, 0.3) is 0 Å². The predicted octanol–water partition coefficient (Wildman–Crippen LogP) is 1.54. The van der Waals surface area contributed by atoms with Crippen LogP contribution in [0.5, 0.6) is 0 Å². The molecule has 1 unspecified atom stereocenters. The third kappa shape index (κ3) is 2.01. The van der Waals surface area contributed by atoms with Gasteiger partial charge in [0.1, 0.15) is 22.5 Å². The summed E-state index contributed by atoms with van der Waals surface area (Å²) in [6.45, 7) is 3.37. The van der Waals surface area contributed by atoms with E-state index in [1.165, 1.54) is 0 Å². The first-order valence-corrected chi connectivity index (χ1v) is 6.98. The summed E-state index contributed by atoms with van der Waals surface area (Å²) in [6.07, 6.45) is 2.12. The Kier molecular flexibility index (Phi) is 3.00. The Bertz CT molecular complexity index is 653. The smallest absolute Gasteiger partial charge is 0.164 e. The second-order valence-electron chi connectivity index (χ2n) is 4.87. The van der Waals surface area contributed by atoms with Crippen LogP contribution in [0.4, 0.5) is 5.82 Å². The maximum atomic E-state index is 11.6. The minimum absolute atomic E-state index is 0.0502. The topological polar surface area (TPSA) is 63.9 Å². The first-order valence-electron chi connectivity index (χ1n) is 6.19. The van der Waals surface area contributed by atoms with E-state index in [0.29, 0.717) is 25.3 Å². The summed E-state index contributed by atoms with van der Waals surface area (Å²) >= 11 is 3.46. The molecule has 0 aromatic carbocycles. The van der Waals surface area contributed by atoms with Gasteiger partial charge >= 0.3 is 0 Å². The van der Waals surface area contributed by atoms with E-state index in [4.69, 9.17) is 0 Å². The number of rotatable bonds is 1. The predicted molar refractivity (Wildman–Crippen MR) is 75.0 cm³/mol. The van der Waals surface area contributed by atoms with Gasteiger partial charge in [-0.2, -0.15) is 5.10 Å². The highest BCUT2D eigenvalue weighted by molar-refractivity contribution is 9.10. The molecule has 6 nitrogen and oxygen atoms in total. The van der Waals surface area contributed by atoms with Crippen molar-refractivity contribution in [2.45, 2.75) is 13.3 Å². The molecule has 2 aromatic heterocycles. The summed E-state index contributed by atoms with van der Waals surface area (Å²) in [5.41, 5.74) is 0.793. The summed E-state index contributed by atoms with van der Waals surface area (Å²) in [6, 6.07) is 0. The van der Waals surface area contributed by atoms with E-state index >= 15 is 0 Å². The number of piperidine rings is 1. The van der Waals surface area contributed by atoms with Crippen molar-refractivity contribution in [2.24, 2.45) is 13.0 Å². The molecule has 100 valence electrons. The molecule has 3 heterocycles. The van der Waals surface area contributed by atoms with Crippen molar-refractivity contribution in [1.29, 1.82) is 0 Å². The number of Topliss-reactive ketones (excluding diaryl/α,β-unsaturated/α-hetero) is 1. The van der Waals surface area contributed by atoms with Crippen molar-refractivity contribution in [3.05, 3.63) is 10.9 Å². The number of ketones is 1. The number of aromatic nitrogens is 4. The number of fused-ring (bicyclic) bond motifs is 1. The maximum absolute atomic E-state index is 11.6. The van der Waals surface area contributed by atoms with Gasteiger partial charge in [-0.25, -0.2) is 14.6 Å². The molecule has 0 aliphatic carbocycles. The van der Waals surface area contributed by atoms with Crippen molar-refractivity contribution >= 4 is 38.6 Å². The second-order valence-corrected chi connectivity index (χ2v) is 5.62. The molecule has 19 heavy (non-hydrogen) atoms.